The van der Waals surface area contributed by atoms with Crippen LogP contribution in [-0.2, 0) is 9.47 Å². The van der Waals surface area contributed by atoms with Gasteiger partial charge in [0.15, 0.2) is 0 Å². The van der Waals surface area contributed by atoms with Crippen molar-refractivity contribution in [1.29, 1.82) is 0 Å². The molecule has 7 nitrogen and oxygen atoms in total. The number of methoxy groups -OCH3 is 2. The Morgan fingerprint density at radius 2 is 2.11 bits per heavy atom. The monoisotopic (exact) mass is 272 g/mol. The van der Waals surface area contributed by atoms with Gasteiger partial charge in [0.25, 0.3) is 0 Å². The molecule has 0 aliphatic carbocycles. The Balaban J connectivity index is 2.41. The van der Waals surface area contributed by atoms with Crippen molar-refractivity contribution >= 4 is 6.01 Å². The Morgan fingerprint density at radius 1 is 1.32 bits per heavy atom. The van der Waals surface area contributed by atoms with E-state index in [0.29, 0.717) is 25.1 Å². The van der Waals surface area contributed by atoms with E-state index in [2.05, 4.69) is 27.8 Å². The summed E-state index contributed by atoms with van der Waals surface area (Å²) in [5.41, 5.74) is 0. The van der Waals surface area contributed by atoms with Crippen molar-refractivity contribution in [2.45, 2.75) is 32.4 Å². The Bertz CT molecular complexity index is 345. The highest BCUT2D eigenvalue weighted by molar-refractivity contribution is 5.17. The maximum atomic E-state index is 5.52. The quantitative estimate of drug-likeness (QED) is 0.662. The molecule has 0 aromatic carbocycles. The maximum absolute atomic E-state index is 5.52. The molecule has 110 valence electrons. The number of rotatable bonds is 10. The minimum Gasteiger partial charge on any atom is -0.406 e. The zero-order valence-corrected chi connectivity index (χ0v) is 12.1. The number of aromatic nitrogens is 2. The topological polar surface area (TPSA) is 81.4 Å². The van der Waals surface area contributed by atoms with Crippen molar-refractivity contribution in [2.24, 2.45) is 0 Å². The number of ether oxygens (including phenoxy) is 2. The molecule has 0 aliphatic heterocycles. The Labute approximate surface area is 114 Å². The molecular formula is C12H24N4O3. The molecule has 0 radical (unpaired) electrons. The molecule has 0 aliphatic rings. The van der Waals surface area contributed by atoms with Gasteiger partial charge in [-0.05, 0) is 19.9 Å². The van der Waals surface area contributed by atoms with Crippen LogP contribution >= 0.6 is 0 Å². The van der Waals surface area contributed by atoms with Crippen LogP contribution in [0.15, 0.2) is 4.42 Å². The molecule has 0 saturated heterocycles. The molecule has 2 N–H and O–H groups in total. The number of hydrogen-bond donors (Lipinski definition) is 2. The smallest absolute Gasteiger partial charge is 0.315 e. The first-order chi connectivity index (χ1) is 9.21. The average Bonchev–Trinajstić information content (AvgIpc) is 2.89. The summed E-state index contributed by atoms with van der Waals surface area (Å²) in [5.74, 6) is 0.580. The Kier molecular flexibility index (Phi) is 7.39. The third kappa shape index (κ3) is 5.54. The summed E-state index contributed by atoms with van der Waals surface area (Å²) < 4.78 is 15.8. The van der Waals surface area contributed by atoms with E-state index in [1.807, 2.05) is 6.92 Å². The van der Waals surface area contributed by atoms with Crippen molar-refractivity contribution in [3.8, 4) is 0 Å². The van der Waals surface area contributed by atoms with Crippen molar-refractivity contribution in [3.63, 3.8) is 0 Å². The van der Waals surface area contributed by atoms with Crippen molar-refractivity contribution in [3.05, 3.63) is 5.89 Å². The fraction of sp³-hybridized carbons (Fsp3) is 0.833. The second kappa shape index (κ2) is 8.84. The van der Waals surface area contributed by atoms with Gasteiger partial charge < -0.3 is 24.5 Å². The van der Waals surface area contributed by atoms with Crippen molar-refractivity contribution < 1.29 is 13.9 Å². The summed E-state index contributed by atoms with van der Waals surface area (Å²) in [7, 11) is 3.28. The van der Waals surface area contributed by atoms with E-state index in [4.69, 9.17) is 13.9 Å². The molecule has 0 amide bonds. The van der Waals surface area contributed by atoms with Gasteiger partial charge in [-0.3, -0.25) is 0 Å². The van der Waals surface area contributed by atoms with E-state index in [9.17, 15) is 0 Å². The fourth-order valence-electron chi connectivity index (χ4n) is 1.53. The molecule has 0 saturated carbocycles. The largest absolute Gasteiger partial charge is 0.406 e. The molecule has 1 rings (SSSR count). The Morgan fingerprint density at radius 3 is 2.74 bits per heavy atom. The van der Waals surface area contributed by atoms with E-state index in [0.717, 1.165) is 13.0 Å². The van der Waals surface area contributed by atoms with Crippen LogP contribution in [0, 0.1) is 0 Å². The van der Waals surface area contributed by atoms with Crippen LogP contribution in [0.5, 0.6) is 0 Å². The third-order valence-electron chi connectivity index (χ3n) is 2.68. The normalized spacial score (nSPS) is 14.3. The van der Waals surface area contributed by atoms with E-state index in [-0.39, 0.29) is 12.1 Å². The minimum absolute atomic E-state index is 0.0454. The number of hydrogen-bond acceptors (Lipinski definition) is 7. The zero-order chi connectivity index (χ0) is 14.1. The van der Waals surface area contributed by atoms with Gasteiger partial charge in [0.05, 0.1) is 18.8 Å². The molecule has 2 atom stereocenters. The van der Waals surface area contributed by atoms with Gasteiger partial charge in [-0.2, -0.15) is 0 Å². The van der Waals surface area contributed by atoms with Crippen LogP contribution in [-0.4, -0.2) is 50.2 Å². The maximum Gasteiger partial charge on any atom is 0.315 e. The average molecular weight is 272 g/mol. The molecule has 1 aromatic heterocycles. The number of nitrogens with zero attached hydrogens (tertiary/aromatic N) is 2. The van der Waals surface area contributed by atoms with Crippen LogP contribution < -0.4 is 10.6 Å². The van der Waals surface area contributed by atoms with Crippen molar-refractivity contribution in [2.75, 3.05) is 39.2 Å². The zero-order valence-electron chi connectivity index (χ0n) is 12.1. The number of nitrogens with one attached hydrogen (secondary N) is 2. The first-order valence-corrected chi connectivity index (χ1v) is 6.53. The highest BCUT2D eigenvalue weighted by Crippen LogP contribution is 2.13. The fourth-order valence-corrected chi connectivity index (χ4v) is 1.53. The summed E-state index contributed by atoms with van der Waals surface area (Å²) in [6.45, 7) is 6.10. The van der Waals surface area contributed by atoms with E-state index in [1.54, 1.807) is 14.2 Å². The van der Waals surface area contributed by atoms with E-state index >= 15 is 0 Å². The van der Waals surface area contributed by atoms with Crippen LogP contribution in [0.4, 0.5) is 6.01 Å². The summed E-state index contributed by atoms with van der Waals surface area (Å²) in [6.07, 6.45) is 1.02. The predicted octanol–water partition coefficient (Wildman–Crippen LogP) is 1.20. The SMILES string of the molecule is CCCNC(C)c1nnc(NCC(COC)OC)o1. The molecular weight excluding hydrogens is 248 g/mol. The van der Waals surface area contributed by atoms with Crippen molar-refractivity contribution in [1.82, 2.24) is 15.5 Å². The molecule has 19 heavy (non-hydrogen) atoms. The van der Waals surface area contributed by atoms with Gasteiger partial charge in [-0.15, -0.1) is 5.10 Å². The second-order valence-corrected chi connectivity index (χ2v) is 4.32. The molecule has 2 unspecified atom stereocenters. The minimum atomic E-state index is -0.0454. The lowest BCUT2D eigenvalue weighted by molar-refractivity contribution is 0.0362. The lowest BCUT2D eigenvalue weighted by Crippen LogP contribution is -2.26. The van der Waals surface area contributed by atoms with Crippen LogP contribution in [0.3, 0.4) is 0 Å². The summed E-state index contributed by atoms with van der Waals surface area (Å²) in [6, 6.07) is 0.457. The van der Waals surface area contributed by atoms with Gasteiger partial charge in [-0.1, -0.05) is 12.0 Å². The second-order valence-electron chi connectivity index (χ2n) is 4.32. The van der Waals surface area contributed by atoms with Crippen LogP contribution in [0.1, 0.15) is 32.2 Å². The van der Waals surface area contributed by atoms with Gasteiger partial charge in [0.2, 0.25) is 5.89 Å². The summed E-state index contributed by atoms with van der Waals surface area (Å²) in [5, 5.41) is 14.3. The lowest BCUT2D eigenvalue weighted by Gasteiger charge is -2.13. The van der Waals surface area contributed by atoms with Gasteiger partial charge in [-0.25, -0.2) is 0 Å². The lowest BCUT2D eigenvalue weighted by atomic mass is 10.3. The first-order valence-electron chi connectivity index (χ1n) is 6.53. The van der Waals surface area contributed by atoms with Gasteiger partial charge in [0, 0.05) is 20.8 Å². The summed E-state index contributed by atoms with van der Waals surface area (Å²) >= 11 is 0. The van der Waals surface area contributed by atoms with E-state index in [1.165, 1.54) is 0 Å². The predicted molar refractivity (Wildman–Crippen MR) is 72.2 cm³/mol. The first kappa shape index (κ1) is 15.9. The molecule has 0 fully saturated rings. The molecule has 7 heteroatoms. The van der Waals surface area contributed by atoms with Gasteiger partial charge >= 0.3 is 6.01 Å². The molecule has 0 spiro atoms. The van der Waals surface area contributed by atoms with Crippen LogP contribution in [0.2, 0.25) is 0 Å². The molecule has 0 bridgehead atoms. The van der Waals surface area contributed by atoms with E-state index < -0.39 is 0 Å². The standard InChI is InChI=1S/C12H24N4O3/c1-5-6-13-9(2)11-15-16-12(19-11)14-7-10(18-4)8-17-3/h9-10,13H,5-8H2,1-4H3,(H,14,16). The highest BCUT2D eigenvalue weighted by atomic mass is 16.5. The summed E-state index contributed by atoms with van der Waals surface area (Å²) in [4.78, 5) is 0. The van der Waals surface area contributed by atoms with Gasteiger partial charge in [0.1, 0.15) is 0 Å². The number of anilines is 1. The van der Waals surface area contributed by atoms with Crippen LogP contribution in [0.25, 0.3) is 0 Å². The third-order valence-corrected chi connectivity index (χ3v) is 2.68. The Hall–Kier alpha value is -1.18. The highest BCUT2D eigenvalue weighted by Gasteiger charge is 2.14. The molecule has 1 heterocycles. The molecule has 1 aromatic rings.